The maximum absolute atomic E-state index is 14.9. The summed E-state index contributed by atoms with van der Waals surface area (Å²) in [7, 11) is 6.33. The van der Waals surface area contributed by atoms with Crippen LogP contribution in [0.5, 0.6) is 5.75 Å². The number of fused-ring (bicyclic) bond motifs is 6. The van der Waals surface area contributed by atoms with Gasteiger partial charge in [-0.2, -0.15) is 0 Å². The molecule has 65 heavy (non-hydrogen) atoms. The SMILES string of the molecule is C=CC(=O)N(C)CCC(=O)N(C)[C@H](C(=O)N(C)[C@H]1Cc2cc(O)cc(c2)-c2ccc3c(c2)c(c(-c2cccnc2COC)n3CC)CC(C)(C)COC(=O)[C@@H]2CCCN(N2)C1=O)C(C)C. The smallest absolute Gasteiger partial charge is 0.324 e. The van der Waals surface area contributed by atoms with E-state index in [1.165, 1.54) is 25.8 Å². The minimum Gasteiger partial charge on any atom is -0.508 e. The summed E-state index contributed by atoms with van der Waals surface area (Å²) in [5.74, 6) is -2.42. The maximum atomic E-state index is 14.9. The highest BCUT2D eigenvalue weighted by atomic mass is 16.5. The van der Waals surface area contributed by atoms with Crippen molar-refractivity contribution in [3.63, 3.8) is 0 Å². The molecule has 0 radical (unpaired) electrons. The predicted molar refractivity (Wildman–Crippen MR) is 249 cm³/mol. The van der Waals surface area contributed by atoms with Gasteiger partial charge in [0.1, 0.15) is 23.9 Å². The molecule has 1 saturated heterocycles. The second-order valence-electron chi connectivity index (χ2n) is 18.5. The van der Waals surface area contributed by atoms with E-state index in [-0.39, 0.29) is 56.0 Å². The van der Waals surface area contributed by atoms with Gasteiger partial charge in [0.25, 0.3) is 5.91 Å². The Morgan fingerprint density at radius 2 is 1.85 bits per heavy atom. The number of hydrogen-bond donors (Lipinski definition) is 2. The summed E-state index contributed by atoms with van der Waals surface area (Å²) in [6.45, 7) is 14.9. The van der Waals surface area contributed by atoms with Gasteiger partial charge < -0.3 is 33.8 Å². The Kier molecular flexibility index (Phi) is 15.2. The Labute approximate surface area is 382 Å². The van der Waals surface area contributed by atoms with E-state index in [1.54, 1.807) is 46.6 Å². The van der Waals surface area contributed by atoms with E-state index in [1.807, 2.05) is 32.0 Å². The summed E-state index contributed by atoms with van der Waals surface area (Å²) >= 11 is 0. The van der Waals surface area contributed by atoms with Crippen LogP contribution in [0.3, 0.4) is 0 Å². The normalized spacial score (nSPS) is 18.2. The standard InChI is InChI=1S/C50H65N7O8/c1-11-43(59)53(7)22-19-44(60)55(9)45(31(3)4)48(62)54(8)42-25-32-23-34(26-35(58)24-32)33-17-18-41-37(27-33)38(46(56(41)12-2)36-15-13-20-51-40(36)29-64-10)28-50(5,6)30-65-49(63)39-16-14-21-57(52-39)47(42)61/h11,13,15,17-18,20,23-24,26-27,31,39,42,45,52,58H,1,12,14,16,19,21-22,25,28-30H2,2-10H3/t39-,42-,45-/m0/s1. The molecule has 6 rings (SSSR count). The molecule has 2 aliphatic heterocycles. The molecular formula is C50H65N7O8. The Morgan fingerprint density at radius 1 is 1.09 bits per heavy atom. The van der Waals surface area contributed by atoms with E-state index < -0.39 is 41.3 Å². The number of esters is 1. The minimum atomic E-state index is -1.12. The Hall–Kier alpha value is -6.06. The lowest BCUT2D eigenvalue weighted by Gasteiger charge is -2.40. The quantitative estimate of drug-likeness (QED) is 0.132. The lowest BCUT2D eigenvalue weighted by Crippen LogP contribution is -2.62. The lowest BCUT2D eigenvalue weighted by atomic mass is 9.84. The van der Waals surface area contributed by atoms with Crippen LogP contribution in [-0.2, 0) is 59.4 Å². The highest BCUT2D eigenvalue weighted by molar-refractivity contribution is 5.96. The summed E-state index contributed by atoms with van der Waals surface area (Å²) in [4.78, 5) is 78.0. The number of aromatic hydroxyl groups is 1. The van der Waals surface area contributed by atoms with Crippen LogP contribution >= 0.6 is 0 Å². The van der Waals surface area contributed by atoms with Crippen LogP contribution in [0.15, 0.2) is 67.4 Å². The number of benzene rings is 2. The summed E-state index contributed by atoms with van der Waals surface area (Å²) in [6.07, 6.45) is 4.41. The van der Waals surface area contributed by atoms with Gasteiger partial charge >= 0.3 is 5.97 Å². The van der Waals surface area contributed by atoms with E-state index in [9.17, 15) is 29.1 Å². The van der Waals surface area contributed by atoms with Crippen LogP contribution in [0, 0.1) is 11.3 Å². The average Bonchev–Trinajstić information content (AvgIpc) is 3.59. The number of phenols is 1. The number of cyclic esters (lactones) is 1. The first kappa shape index (κ1) is 48.4. The summed E-state index contributed by atoms with van der Waals surface area (Å²) < 4.78 is 14.0. The molecule has 2 aromatic heterocycles. The molecule has 4 aromatic rings. The maximum Gasteiger partial charge on any atom is 0.324 e. The van der Waals surface area contributed by atoms with Crippen LogP contribution in [0.2, 0.25) is 0 Å². The molecule has 6 bridgehead atoms. The van der Waals surface area contributed by atoms with Crippen molar-refractivity contribution >= 4 is 40.5 Å². The first-order valence-electron chi connectivity index (χ1n) is 22.4. The van der Waals surface area contributed by atoms with Gasteiger partial charge in [0, 0.05) is 88.8 Å². The number of hydrazine groups is 1. The molecule has 4 amide bonds. The topological polar surface area (TPSA) is 167 Å². The molecule has 4 heterocycles. The van der Waals surface area contributed by atoms with Crippen molar-refractivity contribution in [2.24, 2.45) is 11.3 Å². The molecule has 1 fully saturated rings. The van der Waals surface area contributed by atoms with Crippen molar-refractivity contribution in [3.05, 3.63) is 84.2 Å². The van der Waals surface area contributed by atoms with E-state index >= 15 is 0 Å². The Bertz CT molecular complexity index is 2440. The van der Waals surface area contributed by atoms with Gasteiger partial charge in [-0.3, -0.25) is 34.0 Å². The van der Waals surface area contributed by atoms with Gasteiger partial charge in [0.05, 0.1) is 24.6 Å². The second-order valence-corrected chi connectivity index (χ2v) is 18.5. The van der Waals surface area contributed by atoms with Gasteiger partial charge in [-0.1, -0.05) is 46.4 Å². The molecule has 0 aliphatic carbocycles. The first-order valence-corrected chi connectivity index (χ1v) is 22.4. The highest BCUT2D eigenvalue weighted by Gasteiger charge is 2.40. The number of likely N-dealkylation sites (N-methyl/N-ethyl adjacent to an activating group) is 3. The van der Waals surface area contributed by atoms with Crippen molar-refractivity contribution in [2.75, 3.05) is 47.9 Å². The fourth-order valence-electron chi connectivity index (χ4n) is 9.21. The number of nitrogens with one attached hydrogen (secondary N) is 1. The number of pyridine rings is 1. The fraction of sp³-hybridized carbons (Fsp3) is 0.480. The van der Waals surface area contributed by atoms with Crippen molar-refractivity contribution in [2.45, 2.75) is 98.0 Å². The molecule has 15 nitrogen and oxygen atoms in total. The van der Waals surface area contributed by atoms with Crippen LogP contribution in [-0.4, -0.2) is 130 Å². The molecule has 2 aromatic carbocycles. The fourth-order valence-corrected chi connectivity index (χ4v) is 9.21. The van der Waals surface area contributed by atoms with Gasteiger partial charge in [-0.25, -0.2) is 5.43 Å². The number of phenolic OH excluding ortho intramolecular Hbond substituents is 1. The first-order chi connectivity index (χ1) is 30.9. The van der Waals surface area contributed by atoms with Crippen LogP contribution < -0.4 is 5.43 Å². The summed E-state index contributed by atoms with van der Waals surface area (Å²) in [6, 6.07) is 12.6. The van der Waals surface area contributed by atoms with Crippen molar-refractivity contribution in [3.8, 4) is 28.1 Å². The van der Waals surface area contributed by atoms with E-state index in [4.69, 9.17) is 14.5 Å². The van der Waals surface area contributed by atoms with Crippen LogP contribution in [0.1, 0.15) is 70.7 Å². The number of nitrogens with zero attached hydrogens (tertiary/aromatic N) is 6. The van der Waals surface area contributed by atoms with Crippen molar-refractivity contribution < 1.29 is 38.6 Å². The molecule has 3 atom stereocenters. The van der Waals surface area contributed by atoms with E-state index in [0.717, 1.165) is 44.5 Å². The zero-order valence-electron chi connectivity index (χ0n) is 39.3. The third-order valence-electron chi connectivity index (χ3n) is 12.7. The lowest BCUT2D eigenvalue weighted by molar-refractivity contribution is -0.158. The number of methoxy groups -OCH3 is 1. The molecule has 0 unspecified atom stereocenters. The highest BCUT2D eigenvalue weighted by Crippen LogP contribution is 2.41. The summed E-state index contributed by atoms with van der Waals surface area (Å²) in [5.41, 5.74) is 9.56. The number of carbonyl (C=O) groups excluding carboxylic acids is 5. The van der Waals surface area contributed by atoms with Gasteiger partial charge in [-0.15, -0.1) is 0 Å². The molecule has 0 spiro atoms. The van der Waals surface area contributed by atoms with E-state index in [2.05, 4.69) is 55.5 Å². The number of aryl methyl sites for hydroxylation is 1. The number of hydrogen-bond acceptors (Lipinski definition) is 10. The summed E-state index contributed by atoms with van der Waals surface area (Å²) in [5, 5.41) is 13.7. The largest absolute Gasteiger partial charge is 0.508 e. The van der Waals surface area contributed by atoms with Gasteiger partial charge in [0.15, 0.2) is 0 Å². The minimum absolute atomic E-state index is 0.00797. The number of ether oxygens (including phenoxy) is 2. The monoisotopic (exact) mass is 891 g/mol. The van der Waals surface area contributed by atoms with Crippen LogP contribution in [0.25, 0.3) is 33.3 Å². The third-order valence-corrected chi connectivity index (χ3v) is 12.7. The second kappa shape index (κ2) is 20.4. The van der Waals surface area contributed by atoms with Crippen molar-refractivity contribution in [1.29, 1.82) is 0 Å². The number of amides is 4. The number of rotatable bonds is 12. The molecule has 2 aliphatic rings. The molecular weight excluding hydrogens is 827 g/mol. The van der Waals surface area contributed by atoms with E-state index in [0.29, 0.717) is 38.0 Å². The number of aromatic nitrogens is 2. The van der Waals surface area contributed by atoms with Gasteiger partial charge in [-0.05, 0) is 96.8 Å². The average molecular weight is 892 g/mol. The molecule has 2 N–H and O–H groups in total. The van der Waals surface area contributed by atoms with Gasteiger partial charge in [0.2, 0.25) is 17.7 Å². The molecule has 348 valence electrons. The molecule has 0 saturated carbocycles. The molecule has 15 heteroatoms. The van der Waals surface area contributed by atoms with Crippen molar-refractivity contribution in [1.82, 2.24) is 34.7 Å². The zero-order chi connectivity index (χ0) is 47.3. The Balaban J connectivity index is 1.47. The third kappa shape index (κ3) is 10.6. The predicted octanol–water partition coefficient (Wildman–Crippen LogP) is 5.75. The number of carbonyl (C=O) groups is 5. The van der Waals surface area contributed by atoms with Crippen LogP contribution in [0.4, 0.5) is 0 Å². The zero-order valence-corrected chi connectivity index (χ0v) is 39.3. The Morgan fingerprint density at radius 3 is 2.54 bits per heavy atom.